The van der Waals surface area contributed by atoms with Gasteiger partial charge in [-0.05, 0) is 37.3 Å². The molecule has 0 fully saturated rings. The van der Waals surface area contributed by atoms with E-state index in [9.17, 15) is 0 Å². The number of nitrogens with two attached hydrogens (primary N) is 1. The molecule has 122 valence electrons. The van der Waals surface area contributed by atoms with Gasteiger partial charge >= 0.3 is 0 Å². The third-order valence-corrected chi connectivity index (χ3v) is 4.86. The molecule has 3 aromatic rings. The summed E-state index contributed by atoms with van der Waals surface area (Å²) in [5.41, 5.74) is 8.51. The lowest BCUT2D eigenvalue weighted by molar-refractivity contribution is 1.06. The second kappa shape index (κ2) is 7.30. The van der Waals surface area contributed by atoms with Crippen molar-refractivity contribution >= 4 is 52.2 Å². The van der Waals surface area contributed by atoms with Crippen molar-refractivity contribution in [3.8, 4) is 0 Å². The number of nitrogens with one attached hydrogen (secondary N) is 1. The van der Waals surface area contributed by atoms with E-state index in [0.717, 1.165) is 4.90 Å². The van der Waals surface area contributed by atoms with Gasteiger partial charge in [-0.2, -0.15) is 0 Å². The summed E-state index contributed by atoms with van der Waals surface area (Å²) in [6.07, 6.45) is 1.47. The minimum atomic E-state index is 0.458. The summed E-state index contributed by atoms with van der Waals surface area (Å²) < 4.78 is 0. The molecule has 0 amide bonds. The molecule has 3 rings (SSSR count). The van der Waals surface area contributed by atoms with Gasteiger partial charge in [0.2, 0.25) is 0 Å². The number of nitrogen functional groups attached to an aromatic ring is 1. The van der Waals surface area contributed by atoms with Crippen LogP contribution < -0.4 is 11.1 Å². The Labute approximate surface area is 154 Å². The Morgan fingerprint density at radius 2 is 1.79 bits per heavy atom. The highest BCUT2D eigenvalue weighted by Crippen LogP contribution is 2.35. The Hall–Kier alpha value is -1.95. The Balaban J connectivity index is 1.88. The first-order valence-electron chi connectivity index (χ1n) is 7.10. The normalized spacial score (nSPS) is 10.6. The predicted molar refractivity (Wildman–Crippen MR) is 101 cm³/mol. The number of rotatable bonds is 4. The number of hydrogen-bond donors (Lipinski definition) is 2. The van der Waals surface area contributed by atoms with Crippen LogP contribution in [-0.2, 0) is 0 Å². The van der Waals surface area contributed by atoms with Gasteiger partial charge in [0.1, 0.15) is 17.0 Å². The molecule has 0 spiro atoms. The van der Waals surface area contributed by atoms with Gasteiger partial charge in [-0.25, -0.2) is 9.97 Å². The van der Waals surface area contributed by atoms with Gasteiger partial charge in [0, 0.05) is 9.92 Å². The van der Waals surface area contributed by atoms with Crippen molar-refractivity contribution in [1.82, 2.24) is 9.97 Å². The van der Waals surface area contributed by atoms with Crippen molar-refractivity contribution in [1.29, 1.82) is 0 Å². The average molecular weight is 377 g/mol. The molecule has 3 N–H and O–H groups in total. The first-order chi connectivity index (χ1) is 11.5. The highest BCUT2D eigenvalue weighted by molar-refractivity contribution is 7.99. The fourth-order valence-corrected chi connectivity index (χ4v) is 3.14. The van der Waals surface area contributed by atoms with E-state index in [1.807, 2.05) is 31.2 Å². The molecule has 0 saturated carbocycles. The number of aryl methyl sites for hydroxylation is 1. The Kier molecular flexibility index (Phi) is 5.14. The van der Waals surface area contributed by atoms with Gasteiger partial charge in [0.05, 0.1) is 10.7 Å². The molecule has 24 heavy (non-hydrogen) atoms. The van der Waals surface area contributed by atoms with Gasteiger partial charge in [-0.1, -0.05) is 52.7 Å². The van der Waals surface area contributed by atoms with Crippen LogP contribution in [0, 0.1) is 6.92 Å². The average Bonchev–Trinajstić information content (AvgIpc) is 2.56. The van der Waals surface area contributed by atoms with E-state index < -0.39 is 0 Å². The molecule has 1 aromatic heterocycles. The van der Waals surface area contributed by atoms with Crippen molar-refractivity contribution in [2.75, 3.05) is 11.1 Å². The molecule has 0 saturated heterocycles. The van der Waals surface area contributed by atoms with E-state index in [0.29, 0.717) is 32.3 Å². The van der Waals surface area contributed by atoms with Crippen LogP contribution in [0.15, 0.2) is 58.7 Å². The Bertz CT molecular complexity index is 869. The second-order valence-electron chi connectivity index (χ2n) is 5.11. The topological polar surface area (TPSA) is 63.8 Å². The fourth-order valence-electron chi connectivity index (χ4n) is 2.00. The monoisotopic (exact) mass is 376 g/mol. The second-order valence-corrected chi connectivity index (χ2v) is 7.01. The molecule has 4 nitrogen and oxygen atoms in total. The molecule has 0 aliphatic carbocycles. The minimum absolute atomic E-state index is 0.458. The molecule has 0 bridgehead atoms. The van der Waals surface area contributed by atoms with Crippen molar-refractivity contribution in [2.45, 2.75) is 16.8 Å². The number of anilines is 3. The molecule has 1 heterocycles. The number of nitrogens with zero attached hydrogens (tertiary/aromatic N) is 2. The number of benzene rings is 2. The highest BCUT2D eigenvalue weighted by atomic mass is 35.5. The van der Waals surface area contributed by atoms with Crippen LogP contribution in [-0.4, -0.2) is 9.97 Å². The predicted octanol–water partition coefficient (Wildman–Crippen LogP) is 5.57. The largest absolute Gasteiger partial charge is 0.394 e. The van der Waals surface area contributed by atoms with Gasteiger partial charge in [0.15, 0.2) is 5.82 Å². The van der Waals surface area contributed by atoms with Crippen molar-refractivity contribution < 1.29 is 0 Å². The maximum absolute atomic E-state index is 6.21. The molecule has 0 aliphatic heterocycles. The summed E-state index contributed by atoms with van der Waals surface area (Å²) >= 11 is 13.7. The lowest BCUT2D eigenvalue weighted by Gasteiger charge is -2.12. The van der Waals surface area contributed by atoms with E-state index in [2.05, 4.69) is 15.3 Å². The van der Waals surface area contributed by atoms with Crippen molar-refractivity contribution in [3.63, 3.8) is 0 Å². The standard InChI is InChI=1S/C17H14Cl2N4S/c1-10-2-5-12(6-3-10)24-17-15(20)16(21-9-22-17)23-14-8-11(18)4-7-13(14)19/h2-9H,20H2,1H3,(H,21,22,23). The minimum Gasteiger partial charge on any atom is -0.394 e. The quantitative estimate of drug-likeness (QED) is 0.582. The summed E-state index contributed by atoms with van der Waals surface area (Å²) in [7, 11) is 0. The zero-order valence-corrected chi connectivity index (χ0v) is 15.1. The van der Waals surface area contributed by atoms with Gasteiger partial charge in [-0.15, -0.1) is 0 Å². The molecular formula is C17H14Cl2N4S. The van der Waals surface area contributed by atoms with Crippen LogP contribution in [0.2, 0.25) is 10.0 Å². The molecule has 0 aliphatic rings. The summed E-state index contributed by atoms with van der Waals surface area (Å²) in [6, 6.07) is 13.3. The van der Waals surface area contributed by atoms with E-state index in [1.165, 1.54) is 23.7 Å². The van der Waals surface area contributed by atoms with Crippen molar-refractivity contribution in [2.24, 2.45) is 0 Å². The maximum atomic E-state index is 6.21. The number of hydrogen-bond acceptors (Lipinski definition) is 5. The molecular weight excluding hydrogens is 363 g/mol. The maximum Gasteiger partial charge on any atom is 0.158 e. The summed E-state index contributed by atoms with van der Waals surface area (Å²) in [6.45, 7) is 2.05. The summed E-state index contributed by atoms with van der Waals surface area (Å²) in [5, 5.41) is 4.89. The highest BCUT2D eigenvalue weighted by Gasteiger charge is 2.11. The Morgan fingerprint density at radius 3 is 2.54 bits per heavy atom. The first-order valence-corrected chi connectivity index (χ1v) is 8.67. The van der Waals surface area contributed by atoms with Crippen LogP contribution in [0.4, 0.5) is 17.2 Å². The van der Waals surface area contributed by atoms with Gasteiger partial charge in [0.25, 0.3) is 0 Å². The van der Waals surface area contributed by atoms with E-state index in [1.54, 1.807) is 18.2 Å². The lowest BCUT2D eigenvalue weighted by Crippen LogP contribution is -2.02. The van der Waals surface area contributed by atoms with E-state index >= 15 is 0 Å². The smallest absolute Gasteiger partial charge is 0.158 e. The number of aromatic nitrogens is 2. The zero-order valence-electron chi connectivity index (χ0n) is 12.8. The third-order valence-electron chi connectivity index (χ3n) is 3.26. The van der Waals surface area contributed by atoms with E-state index in [4.69, 9.17) is 28.9 Å². The molecule has 2 aromatic carbocycles. The van der Waals surface area contributed by atoms with Gasteiger partial charge < -0.3 is 11.1 Å². The third kappa shape index (κ3) is 3.93. The molecule has 0 atom stereocenters. The van der Waals surface area contributed by atoms with E-state index in [-0.39, 0.29) is 0 Å². The molecule has 0 unspecified atom stereocenters. The fraction of sp³-hybridized carbons (Fsp3) is 0.0588. The van der Waals surface area contributed by atoms with Crippen LogP contribution in [0.1, 0.15) is 5.56 Å². The molecule has 7 heteroatoms. The number of halogens is 2. The first kappa shape index (κ1) is 16.9. The van der Waals surface area contributed by atoms with Crippen LogP contribution >= 0.6 is 35.0 Å². The molecule has 0 radical (unpaired) electrons. The van der Waals surface area contributed by atoms with Crippen LogP contribution in [0.3, 0.4) is 0 Å². The summed E-state index contributed by atoms with van der Waals surface area (Å²) in [5.74, 6) is 0.490. The summed E-state index contributed by atoms with van der Waals surface area (Å²) in [4.78, 5) is 9.52. The van der Waals surface area contributed by atoms with Crippen LogP contribution in [0.25, 0.3) is 0 Å². The SMILES string of the molecule is Cc1ccc(Sc2ncnc(Nc3cc(Cl)ccc3Cl)c2N)cc1. The van der Waals surface area contributed by atoms with Crippen LogP contribution in [0.5, 0.6) is 0 Å². The van der Waals surface area contributed by atoms with Crippen molar-refractivity contribution in [3.05, 3.63) is 64.4 Å². The van der Waals surface area contributed by atoms with Gasteiger partial charge in [-0.3, -0.25) is 0 Å². The Morgan fingerprint density at radius 1 is 1.04 bits per heavy atom. The lowest BCUT2D eigenvalue weighted by atomic mass is 10.2. The zero-order chi connectivity index (χ0) is 17.1.